The molecule has 0 bridgehead atoms. The zero-order chi connectivity index (χ0) is 23.6. The molecule has 170 valence electrons. The molecule has 0 rings (SSSR count). The summed E-state index contributed by atoms with van der Waals surface area (Å²) in [6.45, 7) is 2.53. The summed E-state index contributed by atoms with van der Waals surface area (Å²) in [6.07, 6.45) is -2.75. The first kappa shape index (κ1) is 26.7. The van der Waals surface area contributed by atoms with Gasteiger partial charge in [0.05, 0.1) is 12.5 Å². The highest BCUT2D eigenvalue weighted by atomic mass is 16.4. The number of carboxylic acid groups (broad SMARTS) is 2. The second-order valence-electron chi connectivity index (χ2n) is 6.56. The first-order valence-corrected chi connectivity index (χ1v) is 8.83. The normalized spacial score (nSPS) is 15.6. The number of primary amides is 1. The standard InChI is InChI=1S/C16H27N5O9/c1-6(19-15(28)12(18)7(2)22)13(26)20-8(3-4-10(17)23)14(27)21-9(16(29)30)5-11(24)25/h6-9,12,22H,3-5,18H2,1-2H3,(H2,17,23)(H,19,28)(H,20,26)(H,21,27)(H,24,25)(H,29,30). The van der Waals surface area contributed by atoms with Crippen molar-refractivity contribution < 1.29 is 44.1 Å². The molecule has 5 unspecified atom stereocenters. The first-order valence-electron chi connectivity index (χ1n) is 8.83. The van der Waals surface area contributed by atoms with E-state index in [1.807, 2.05) is 5.32 Å². The number of aliphatic hydroxyl groups excluding tert-OH is 1. The number of aliphatic carboxylic acids is 2. The van der Waals surface area contributed by atoms with Gasteiger partial charge in [0.25, 0.3) is 0 Å². The summed E-state index contributed by atoms with van der Waals surface area (Å²) in [4.78, 5) is 69.3. The maximum absolute atomic E-state index is 12.4. The van der Waals surface area contributed by atoms with Crippen molar-refractivity contribution in [3.63, 3.8) is 0 Å². The predicted molar refractivity (Wildman–Crippen MR) is 99.4 cm³/mol. The maximum Gasteiger partial charge on any atom is 0.326 e. The van der Waals surface area contributed by atoms with Gasteiger partial charge in [0.1, 0.15) is 24.2 Å². The first-order chi connectivity index (χ1) is 13.8. The van der Waals surface area contributed by atoms with Crippen LogP contribution in [0.25, 0.3) is 0 Å². The number of carbonyl (C=O) groups excluding carboxylic acids is 4. The van der Waals surface area contributed by atoms with Crippen molar-refractivity contribution in [3.8, 4) is 0 Å². The van der Waals surface area contributed by atoms with E-state index >= 15 is 0 Å². The fourth-order valence-corrected chi connectivity index (χ4v) is 2.09. The molecule has 14 nitrogen and oxygen atoms in total. The van der Waals surface area contributed by atoms with Gasteiger partial charge in [-0.25, -0.2) is 4.79 Å². The van der Waals surface area contributed by atoms with Gasteiger partial charge in [-0.05, 0) is 20.3 Å². The molecule has 0 spiro atoms. The Morgan fingerprint density at radius 2 is 1.40 bits per heavy atom. The largest absolute Gasteiger partial charge is 0.481 e. The highest BCUT2D eigenvalue weighted by Crippen LogP contribution is 2.02. The number of nitrogens with two attached hydrogens (primary N) is 2. The molecule has 5 atom stereocenters. The van der Waals surface area contributed by atoms with E-state index in [4.69, 9.17) is 21.7 Å². The van der Waals surface area contributed by atoms with E-state index in [0.717, 1.165) is 0 Å². The summed E-state index contributed by atoms with van der Waals surface area (Å²) >= 11 is 0. The predicted octanol–water partition coefficient (Wildman–Crippen LogP) is -4.01. The van der Waals surface area contributed by atoms with Crippen molar-refractivity contribution in [2.75, 3.05) is 0 Å². The van der Waals surface area contributed by atoms with Crippen molar-refractivity contribution in [2.24, 2.45) is 11.5 Å². The van der Waals surface area contributed by atoms with Crippen LogP contribution in [0.4, 0.5) is 0 Å². The molecule has 4 amide bonds. The van der Waals surface area contributed by atoms with E-state index in [0.29, 0.717) is 0 Å². The van der Waals surface area contributed by atoms with Gasteiger partial charge in [-0.3, -0.25) is 24.0 Å². The lowest BCUT2D eigenvalue weighted by Crippen LogP contribution is -2.57. The van der Waals surface area contributed by atoms with E-state index in [1.54, 1.807) is 0 Å². The minimum atomic E-state index is -1.77. The molecule has 0 heterocycles. The summed E-state index contributed by atoms with van der Waals surface area (Å²) in [5.74, 6) is -6.66. The molecule has 0 aliphatic heterocycles. The van der Waals surface area contributed by atoms with Crippen LogP contribution in [0.1, 0.15) is 33.1 Å². The number of aliphatic hydroxyl groups is 1. The van der Waals surface area contributed by atoms with Gasteiger partial charge in [0.2, 0.25) is 23.6 Å². The summed E-state index contributed by atoms with van der Waals surface area (Å²) in [7, 11) is 0. The molecular weight excluding hydrogens is 406 g/mol. The van der Waals surface area contributed by atoms with Gasteiger partial charge in [-0.15, -0.1) is 0 Å². The maximum atomic E-state index is 12.4. The van der Waals surface area contributed by atoms with Crippen LogP contribution in [0.15, 0.2) is 0 Å². The summed E-state index contributed by atoms with van der Waals surface area (Å²) in [5, 5.41) is 33.5. The fraction of sp³-hybridized carbons (Fsp3) is 0.625. The molecule has 0 aromatic rings. The van der Waals surface area contributed by atoms with E-state index in [1.165, 1.54) is 13.8 Å². The Kier molecular flexibility index (Phi) is 11.0. The van der Waals surface area contributed by atoms with E-state index in [2.05, 4.69) is 10.6 Å². The summed E-state index contributed by atoms with van der Waals surface area (Å²) in [6, 6.07) is -5.73. The third-order valence-electron chi connectivity index (χ3n) is 3.88. The van der Waals surface area contributed by atoms with Gasteiger partial charge in [0, 0.05) is 6.42 Å². The van der Waals surface area contributed by atoms with Crippen LogP contribution >= 0.6 is 0 Å². The Morgan fingerprint density at radius 1 is 0.867 bits per heavy atom. The van der Waals surface area contributed by atoms with Crippen LogP contribution < -0.4 is 27.4 Å². The van der Waals surface area contributed by atoms with Crippen LogP contribution in [0.3, 0.4) is 0 Å². The number of hydrogen-bond donors (Lipinski definition) is 8. The number of amides is 4. The fourth-order valence-electron chi connectivity index (χ4n) is 2.09. The van der Waals surface area contributed by atoms with Gasteiger partial charge in [-0.2, -0.15) is 0 Å². The van der Waals surface area contributed by atoms with Gasteiger partial charge >= 0.3 is 11.9 Å². The van der Waals surface area contributed by atoms with Crippen molar-refractivity contribution in [3.05, 3.63) is 0 Å². The van der Waals surface area contributed by atoms with E-state index in [9.17, 15) is 33.9 Å². The average Bonchev–Trinajstić information content (AvgIpc) is 2.62. The Bertz CT molecular complexity index is 682. The zero-order valence-electron chi connectivity index (χ0n) is 16.5. The molecule has 30 heavy (non-hydrogen) atoms. The van der Waals surface area contributed by atoms with E-state index < -0.39 is 72.3 Å². The van der Waals surface area contributed by atoms with Crippen LogP contribution in [0.5, 0.6) is 0 Å². The monoisotopic (exact) mass is 433 g/mol. The van der Waals surface area contributed by atoms with Gasteiger partial charge in [0.15, 0.2) is 0 Å². The summed E-state index contributed by atoms with van der Waals surface area (Å²) < 4.78 is 0. The molecule has 0 saturated heterocycles. The SMILES string of the molecule is CC(NC(=O)C(N)C(C)O)C(=O)NC(CCC(N)=O)C(=O)NC(CC(=O)O)C(=O)O. The Hall–Kier alpha value is -3.26. The summed E-state index contributed by atoms with van der Waals surface area (Å²) in [5.41, 5.74) is 10.5. The third kappa shape index (κ3) is 9.79. The van der Waals surface area contributed by atoms with Crippen LogP contribution in [-0.2, 0) is 28.8 Å². The minimum Gasteiger partial charge on any atom is -0.481 e. The molecule has 0 aliphatic rings. The molecule has 0 radical (unpaired) electrons. The van der Waals surface area contributed by atoms with Gasteiger partial charge in [-0.1, -0.05) is 0 Å². The van der Waals surface area contributed by atoms with Crippen molar-refractivity contribution in [2.45, 2.75) is 63.4 Å². The van der Waals surface area contributed by atoms with Crippen molar-refractivity contribution in [1.82, 2.24) is 16.0 Å². The lowest BCUT2D eigenvalue weighted by molar-refractivity contribution is -0.147. The lowest BCUT2D eigenvalue weighted by atomic mass is 10.1. The molecule has 14 heteroatoms. The van der Waals surface area contributed by atoms with Crippen LogP contribution in [0, 0.1) is 0 Å². The second-order valence-corrected chi connectivity index (χ2v) is 6.56. The smallest absolute Gasteiger partial charge is 0.326 e. The molecule has 0 saturated carbocycles. The molecule has 0 aliphatic carbocycles. The minimum absolute atomic E-state index is 0.305. The highest BCUT2D eigenvalue weighted by molar-refractivity contribution is 5.94. The zero-order valence-corrected chi connectivity index (χ0v) is 16.5. The molecule has 0 aromatic heterocycles. The second kappa shape index (κ2) is 12.3. The molecule has 0 aromatic carbocycles. The number of hydrogen-bond acceptors (Lipinski definition) is 8. The van der Waals surface area contributed by atoms with Crippen molar-refractivity contribution >= 4 is 35.6 Å². The third-order valence-corrected chi connectivity index (χ3v) is 3.88. The number of carbonyl (C=O) groups is 6. The van der Waals surface area contributed by atoms with Crippen LogP contribution in [-0.4, -0.2) is 81.2 Å². The Labute approximate surface area is 171 Å². The Balaban J connectivity index is 5.22. The van der Waals surface area contributed by atoms with Crippen LogP contribution in [0.2, 0.25) is 0 Å². The Morgan fingerprint density at radius 3 is 1.83 bits per heavy atom. The average molecular weight is 433 g/mol. The lowest BCUT2D eigenvalue weighted by Gasteiger charge is -2.23. The van der Waals surface area contributed by atoms with Gasteiger partial charge < -0.3 is 42.7 Å². The van der Waals surface area contributed by atoms with Crippen molar-refractivity contribution in [1.29, 1.82) is 0 Å². The topological polar surface area (TPSA) is 251 Å². The quantitative estimate of drug-likeness (QED) is 0.140. The number of rotatable bonds is 13. The number of carboxylic acids is 2. The molecule has 0 fully saturated rings. The number of nitrogens with one attached hydrogen (secondary N) is 3. The highest BCUT2D eigenvalue weighted by Gasteiger charge is 2.30. The molecule has 10 N–H and O–H groups in total. The molecular formula is C16H27N5O9. The van der Waals surface area contributed by atoms with E-state index in [-0.39, 0.29) is 12.8 Å².